The molecule has 2 saturated heterocycles. The first-order valence-corrected chi connectivity index (χ1v) is 8.65. The first-order valence-electron chi connectivity index (χ1n) is 7.05. The Morgan fingerprint density at radius 2 is 1.85 bits per heavy atom. The Kier molecular flexibility index (Phi) is 3.18. The third-order valence-corrected chi connectivity index (χ3v) is 7.48. The lowest BCUT2D eigenvalue weighted by molar-refractivity contribution is 0.00473. The van der Waals surface area contributed by atoms with Crippen LogP contribution < -0.4 is 0 Å². The molecule has 2 aliphatic rings. The highest BCUT2D eigenvalue weighted by atomic mass is 32.2. The van der Waals surface area contributed by atoms with Gasteiger partial charge in [-0.1, -0.05) is 18.6 Å². The van der Waals surface area contributed by atoms with E-state index in [0.717, 1.165) is 6.42 Å². The zero-order valence-electron chi connectivity index (χ0n) is 11.5. The molecule has 0 radical (unpaired) electrons. The first-order chi connectivity index (χ1) is 9.33. The fourth-order valence-corrected chi connectivity index (χ4v) is 6.12. The number of hydrogen-bond donors (Lipinski definition) is 1. The molecule has 2 fully saturated rings. The van der Waals surface area contributed by atoms with E-state index in [-0.39, 0.29) is 18.7 Å². The molecule has 5 heteroatoms. The summed E-state index contributed by atoms with van der Waals surface area (Å²) in [7, 11) is -3.12. The van der Waals surface area contributed by atoms with Crippen molar-refractivity contribution in [1.82, 2.24) is 0 Å². The number of aryl methyl sites for hydroxylation is 1. The van der Waals surface area contributed by atoms with Gasteiger partial charge in [-0.3, -0.25) is 0 Å². The summed E-state index contributed by atoms with van der Waals surface area (Å²) in [4.78, 5) is 0. The van der Waals surface area contributed by atoms with E-state index in [0.29, 0.717) is 24.0 Å². The molecule has 20 heavy (non-hydrogen) atoms. The van der Waals surface area contributed by atoms with Crippen LogP contribution in [0.1, 0.15) is 43.2 Å². The molecule has 2 heterocycles. The summed E-state index contributed by atoms with van der Waals surface area (Å²) < 4.78 is 38.2. The lowest BCUT2D eigenvalue weighted by atomic mass is 9.80. The summed E-state index contributed by atoms with van der Waals surface area (Å²) in [5, 5.41) is 9.90. The quantitative estimate of drug-likeness (QED) is 0.866. The molecule has 0 aliphatic carbocycles. The fraction of sp³-hybridized carbons (Fsp3) is 0.600. The number of benzene rings is 1. The van der Waals surface area contributed by atoms with Gasteiger partial charge in [-0.15, -0.1) is 0 Å². The van der Waals surface area contributed by atoms with Gasteiger partial charge in [-0.05, 0) is 49.8 Å². The standard InChI is InChI=1S/C15H19FO3S/c1-10-5-6-11(7-14(10)16)15(17)8-12-3-2-4-13(9-15)20(12,18)19/h5-7,12-13,17H,2-4,8-9H2,1H3. The van der Waals surface area contributed by atoms with Crippen LogP contribution in [0.15, 0.2) is 18.2 Å². The van der Waals surface area contributed by atoms with Gasteiger partial charge in [0.05, 0.1) is 16.1 Å². The van der Waals surface area contributed by atoms with Gasteiger partial charge >= 0.3 is 0 Å². The van der Waals surface area contributed by atoms with E-state index in [9.17, 15) is 17.9 Å². The Labute approximate surface area is 118 Å². The van der Waals surface area contributed by atoms with Crippen molar-refractivity contribution in [2.45, 2.75) is 55.1 Å². The number of aliphatic hydroxyl groups is 1. The summed E-state index contributed by atoms with van der Waals surface area (Å²) in [5.74, 6) is -0.352. The Balaban J connectivity index is 1.99. The van der Waals surface area contributed by atoms with Crippen LogP contribution in [0.4, 0.5) is 4.39 Å². The van der Waals surface area contributed by atoms with Gasteiger partial charge in [0.15, 0.2) is 9.84 Å². The lowest BCUT2D eigenvalue weighted by Gasteiger charge is -2.44. The zero-order valence-corrected chi connectivity index (χ0v) is 12.3. The molecule has 0 amide bonds. The molecule has 0 saturated carbocycles. The van der Waals surface area contributed by atoms with Crippen LogP contribution in [0.25, 0.3) is 0 Å². The van der Waals surface area contributed by atoms with Gasteiger partial charge in [0, 0.05) is 0 Å². The smallest absolute Gasteiger partial charge is 0.156 e. The minimum atomic E-state index is -3.12. The normalized spacial score (nSPS) is 35.8. The van der Waals surface area contributed by atoms with Gasteiger partial charge in [-0.2, -0.15) is 0 Å². The van der Waals surface area contributed by atoms with Crippen molar-refractivity contribution in [3.8, 4) is 0 Å². The van der Waals surface area contributed by atoms with Crippen molar-refractivity contribution in [3.05, 3.63) is 35.1 Å². The van der Waals surface area contributed by atoms with Crippen LogP contribution >= 0.6 is 0 Å². The summed E-state index contributed by atoms with van der Waals surface area (Å²) in [5.41, 5.74) is -0.177. The third kappa shape index (κ3) is 2.07. The maximum absolute atomic E-state index is 13.7. The summed E-state index contributed by atoms with van der Waals surface area (Å²) >= 11 is 0. The van der Waals surface area contributed by atoms with Gasteiger partial charge in [0.2, 0.25) is 0 Å². The molecule has 1 aromatic rings. The van der Waals surface area contributed by atoms with Crippen molar-refractivity contribution in [2.75, 3.05) is 0 Å². The van der Waals surface area contributed by atoms with Crippen molar-refractivity contribution >= 4 is 9.84 Å². The van der Waals surface area contributed by atoms with Crippen LogP contribution in [0.3, 0.4) is 0 Å². The molecule has 3 rings (SSSR count). The van der Waals surface area contributed by atoms with E-state index in [1.54, 1.807) is 19.1 Å². The van der Waals surface area contributed by atoms with Gasteiger partial charge < -0.3 is 5.11 Å². The maximum atomic E-state index is 13.7. The SMILES string of the molecule is Cc1ccc(C2(O)CC3CCCC(C2)S3(=O)=O)cc1F. The van der Waals surface area contributed by atoms with Crippen molar-refractivity contribution in [2.24, 2.45) is 0 Å². The van der Waals surface area contributed by atoms with Crippen molar-refractivity contribution in [1.29, 1.82) is 0 Å². The zero-order chi connectivity index (χ0) is 14.5. The van der Waals surface area contributed by atoms with E-state index >= 15 is 0 Å². The van der Waals surface area contributed by atoms with Crippen molar-refractivity contribution in [3.63, 3.8) is 0 Å². The van der Waals surface area contributed by atoms with Gasteiger partial charge in [0.1, 0.15) is 5.82 Å². The van der Waals surface area contributed by atoms with Gasteiger partial charge in [-0.25, -0.2) is 12.8 Å². The molecule has 3 nitrogen and oxygen atoms in total. The van der Waals surface area contributed by atoms with Gasteiger partial charge in [0.25, 0.3) is 0 Å². The molecule has 2 unspecified atom stereocenters. The second kappa shape index (κ2) is 4.53. The first kappa shape index (κ1) is 14.0. The van der Waals surface area contributed by atoms with Crippen LogP contribution in [0.2, 0.25) is 0 Å². The molecule has 1 N–H and O–H groups in total. The van der Waals surface area contributed by atoms with Crippen LogP contribution in [0, 0.1) is 12.7 Å². The molecular weight excluding hydrogens is 279 g/mol. The molecule has 1 aromatic carbocycles. The molecule has 2 aliphatic heterocycles. The highest BCUT2D eigenvalue weighted by Gasteiger charge is 2.50. The molecular formula is C15H19FO3S. The van der Waals surface area contributed by atoms with E-state index in [2.05, 4.69) is 0 Å². The average molecular weight is 298 g/mol. The van der Waals surface area contributed by atoms with E-state index < -0.39 is 25.9 Å². The monoisotopic (exact) mass is 298 g/mol. The third-order valence-electron chi connectivity index (χ3n) is 4.82. The Morgan fingerprint density at radius 1 is 1.25 bits per heavy atom. The fourth-order valence-electron chi connectivity index (χ4n) is 3.56. The Hall–Kier alpha value is -0.940. The topological polar surface area (TPSA) is 54.4 Å². The number of sulfone groups is 1. The minimum Gasteiger partial charge on any atom is -0.385 e. The minimum absolute atomic E-state index is 0.189. The second-order valence-corrected chi connectivity index (χ2v) is 8.68. The van der Waals surface area contributed by atoms with E-state index in [1.807, 2.05) is 0 Å². The van der Waals surface area contributed by atoms with E-state index in [4.69, 9.17) is 0 Å². The Morgan fingerprint density at radius 3 is 2.40 bits per heavy atom. The summed E-state index contributed by atoms with van der Waals surface area (Å²) in [6.45, 7) is 1.67. The predicted octanol–water partition coefficient (Wildman–Crippen LogP) is 2.45. The lowest BCUT2D eigenvalue weighted by Crippen LogP contribution is -2.50. The number of rotatable bonds is 1. The summed E-state index contributed by atoms with van der Waals surface area (Å²) in [6, 6.07) is 4.70. The highest BCUT2D eigenvalue weighted by Crippen LogP contribution is 2.46. The largest absolute Gasteiger partial charge is 0.385 e. The molecule has 2 bridgehead atoms. The average Bonchev–Trinajstić information content (AvgIpc) is 2.35. The van der Waals surface area contributed by atoms with Crippen LogP contribution in [-0.4, -0.2) is 24.0 Å². The second-order valence-electron chi connectivity index (χ2n) is 6.17. The Bertz CT molecular complexity index is 619. The highest BCUT2D eigenvalue weighted by molar-refractivity contribution is 7.92. The number of fused-ring (bicyclic) bond motifs is 2. The molecule has 0 spiro atoms. The number of hydrogen-bond acceptors (Lipinski definition) is 3. The van der Waals surface area contributed by atoms with Crippen LogP contribution in [0.5, 0.6) is 0 Å². The molecule has 2 atom stereocenters. The van der Waals surface area contributed by atoms with Crippen molar-refractivity contribution < 1.29 is 17.9 Å². The maximum Gasteiger partial charge on any atom is 0.156 e. The van der Waals surface area contributed by atoms with Crippen LogP contribution in [-0.2, 0) is 15.4 Å². The summed E-state index contributed by atoms with van der Waals surface area (Å²) in [6.07, 6.45) is 2.49. The number of halogens is 1. The van der Waals surface area contributed by atoms with E-state index in [1.165, 1.54) is 6.07 Å². The molecule has 110 valence electrons. The molecule has 0 aromatic heterocycles. The predicted molar refractivity (Wildman–Crippen MR) is 74.6 cm³/mol.